The summed E-state index contributed by atoms with van der Waals surface area (Å²) in [5, 5.41) is 7.72. The number of nitrogens with one attached hydrogen (secondary N) is 2. The van der Waals surface area contributed by atoms with Gasteiger partial charge in [0.1, 0.15) is 11.4 Å². The molecule has 1 amide bonds. The first-order valence-electron chi connectivity index (χ1n) is 11.9. The smallest absolute Gasteiger partial charge is 0.379 e. The molecule has 2 atom stereocenters. The highest BCUT2D eigenvalue weighted by molar-refractivity contribution is 5.76. The van der Waals surface area contributed by atoms with Crippen molar-refractivity contribution in [2.75, 3.05) is 43.1 Å². The number of aromatic amines is 1. The average molecular weight is 548 g/mol. The zero-order valence-electron chi connectivity index (χ0n) is 20.3. The molecule has 2 aromatic heterocycles. The second-order valence-electron chi connectivity index (χ2n) is 9.29. The van der Waals surface area contributed by atoms with Crippen molar-refractivity contribution in [1.82, 2.24) is 20.1 Å². The molecular formula is C23H26F6N6O3. The number of hydrogen-bond acceptors (Lipinski definition) is 7. The number of H-pyrrole nitrogens is 1. The number of fused-ring (bicyclic) bond motifs is 3. The standard InChI is InChI=1S/C23H26F6N6O3/c1-13(32-17-10-31-33-21(37)19(17)23(27,28)29)12-38-7-4-18(36)34-5-6-35-16(11-34)3-2-14-8-15(22(24,25)26)9-30-20(14)35/h8-10,13,16H,2-7,11-12H2,1H3,(H2,32,33,37)/t13-,16?/m0/s1. The van der Waals surface area contributed by atoms with Gasteiger partial charge in [-0.15, -0.1) is 0 Å². The van der Waals surface area contributed by atoms with E-state index in [1.165, 1.54) is 0 Å². The summed E-state index contributed by atoms with van der Waals surface area (Å²) in [5.41, 5.74) is -3.43. The van der Waals surface area contributed by atoms with Crippen LogP contribution in [0.4, 0.5) is 37.8 Å². The van der Waals surface area contributed by atoms with Crippen LogP contribution in [0.2, 0.25) is 0 Å². The fraction of sp³-hybridized carbons (Fsp3) is 0.565. The van der Waals surface area contributed by atoms with E-state index in [2.05, 4.69) is 15.4 Å². The summed E-state index contributed by atoms with van der Waals surface area (Å²) in [6.45, 7) is 2.82. The van der Waals surface area contributed by atoms with E-state index in [1.54, 1.807) is 16.9 Å². The monoisotopic (exact) mass is 548 g/mol. The second-order valence-corrected chi connectivity index (χ2v) is 9.29. The Hall–Kier alpha value is -3.36. The molecule has 4 rings (SSSR count). The number of amides is 1. The second kappa shape index (κ2) is 10.8. The van der Waals surface area contributed by atoms with Gasteiger partial charge < -0.3 is 19.9 Å². The van der Waals surface area contributed by atoms with Crippen molar-refractivity contribution in [2.24, 2.45) is 0 Å². The van der Waals surface area contributed by atoms with Gasteiger partial charge in [0.25, 0.3) is 5.56 Å². The van der Waals surface area contributed by atoms with Crippen LogP contribution in [0.15, 0.2) is 23.3 Å². The van der Waals surface area contributed by atoms with Crippen molar-refractivity contribution in [3.05, 3.63) is 45.5 Å². The van der Waals surface area contributed by atoms with E-state index in [1.807, 2.05) is 4.90 Å². The molecule has 2 N–H and O–H groups in total. The van der Waals surface area contributed by atoms with Crippen LogP contribution >= 0.6 is 0 Å². The molecule has 2 aliphatic rings. The predicted molar refractivity (Wildman–Crippen MR) is 124 cm³/mol. The first-order chi connectivity index (χ1) is 17.8. The molecule has 1 saturated heterocycles. The minimum atomic E-state index is -4.86. The molecule has 0 saturated carbocycles. The Kier molecular flexibility index (Phi) is 7.85. The summed E-state index contributed by atoms with van der Waals surface area (Å²) in [5.74, 6) is 0.366. The van der Waals surface area contributed by atoms with E-state index in [0.29, 0.717) is 43.9 Å². The summed E-state index contributed by atoms with van der Waals surface area (Å²) in [6, 6.07) is 0.477. The summed E-state index contributed by atoms with van der Waals surface area (Å²) in [6.07, 6.45) is -6.52. The van der Waals surface area contributed by atoms with Gasteiger partial charge >= 0.3 is 12.4 Å². The molecule has 9 nitrogen and oxygen atoms in total. The lowest BCUT2D eigenvalue weighted by atomic mass is 9.95. The minimum absolute atomic E-state index is 0.0177. The van der Waals surface area contributed by atoms with Gasteiger partial charge in [0.2, 0.25) is 5.91 Å². The van der Waals surface area contributed by atoms with Crippen molar-refractivity contribution in [3.8, 4) is 0 Å². The summed E-state index contributed by atoms with van der Waals surface area (Å²) < 4.78 is 84.0. The van der Waals surface area contributed by atoms with Crippen LogP contribution in [-0.2, 0) is 28.3 Å². The Morgan fingerprint density at radius 1 is 1.21 bits per heavy atom. The maximum atomic E-state index is 13.2. The van der Waals surface area contributed by atoms with E-state index in [0.717, 1.165) is 18.5 Å². The quantitative estimate of drug-likeness (QED) is 0.405. The maximum absolute atomic E-state index is 13.2. The summed E-state index contributed by atoms with van der Waals surface area (Å²) in [4.78, 5) is 31.9. The number of aryl methyl sites for hydroxylation is 1. The van der Waals surface area contributed by atoms with Gasteiger partial charge in [0, 0.05) is 37.9 Å². The third-order valence-corrected chi connectivity index (χ3v) is 6.49. The van der Waals surface area contributed by atoms with Gasteiger partial charge in [0.15, 0.2) is 0 Å². The van der Waals surface area contributed by atoms with Crippen molar-refractivity contribution < 1.29 is 35.9 Å². The van der Waals surface area contributed by atoms with Crippen molar-refractivity contribution in [1.29, 1.82) is 0 Å². The number of nitrogens with zero attached hydrogens (tertiary/aromatic N) is 4. The van der Waals surface area contributed by atoms with E-state index in [9.17, 15) is 35.9 Å². The van der Waals surface area contributed by atoms with Gasteiger partial charge in [-0.05, 0) is 31.4 Å². The zero-order chi connectivity index (χ0) is 27.7. The normalized spacial score (nSPS) is 18.6. The average Bonchev–Trinajstić information content (AvgIpc) is 2.84. The molecule has 0 radical (unpaired) electrons. The molecule has 0 aromatic carbocycles. The Morgan fingerprint density at radius 3 is 2.68 bits per heavy atom. The number of hydrogen-bond donors (Lipinski definition) is 2. The Balaban J connectivity index is 1.24. The van der Waals surface area contributed by atoms with Crippen LogP contribution in [0.1, 0.15) is 36.5 Å². The highest BCUT2D eigenvalue weighted by Crippen LogP contribution is 2.36. The molecule has 208 valence electrons. The van der Waals surface area contributed by atoms with Crippen LogP contribution in [-0.4, -0.2) is 70.9 Å². The molecule has 4 heterocycles. The molecule has 2 aliphatic heterocycles. The van der Waals surface area contributed by atoms with Gasteiger partial charge in [-0.2, -0.15) is 31.4 Å². The fourth-order valence-corrected chi connectivity index (χ4v) is 4.70. The third-order valence-electron chi connectivity index (χ3n) is 6.49. The van der Waals surface area contributed by atoms with E-state index < -0.39 is 40.8 Å². The number of piperazine rings is 1. The van der Waals surface area contributed by atoms with Gasteiger partial charge in [-0.3, -0.25) is 9.59 Å². The molecule has 1 unspecified atom stereocenters. The largest absolute Gasteiger partial charge is 0.423 e. The van der Waals surface area contributed by atoms with Gasteiger partial charge in [-0.25, -0.2) is 10.1 Å². The van der Waals surface area contributed by atoms with Gasteiger partial charge in [0.05, 0.1) is 37.1 Å². The van der Waals surface area contributed by atoms with Crippen LogP contribution in [0.25, 0.3) is 0 Å². The first-order valence-corrected chi connectivity index (χ1v) is 11.9. The number of rotatable bonds is 7. The van der Waals surface area contributed by atoms with Crippen molar-refractivity contribution >= 4 is 17.4 Å². The number of halogens is 6. The third kappa shape index (κ3) is 6.19. The lowest BCUT2D eigenvalue weighted by Crippen LogP contribution is -2.56. The van der Waals surface area contributed by atoms with Crippen molar-refractivity contribution in [2.45, 2.75) is 50.6 Å². The van der Waals surface area contributed by atoms with Crippen molar-refractivity contribution in [3.63, 3.8) is 0 Å². The molecule has 0 bridgehead atoms. The lowest BCUT2D eigenvalue weighted by Gasteiger charge is -2.45. The minimum Gasteiger partial charge on any atom is -0.379 e. The Bertz CT molecular complexity index is 1220. The predicted octanol–water partition coefficient (Wildman–Crippen LogP) is 3.07. The van der Waals surface area contributed by atoms with E-state index in [4.69, 9.17) is 4.74 Å². The topological polar surface area (TPSA) is 103 Å². The molecule has 38 heavy (non-hydrogen) atoms. The van der Waals surface area contributed by atoms with E-state index >= 15 is 0 Å². The number of ether oxygens (including phenoxy) is 1. The molecule has 0 spiro atoms. The number of anilines is 2. The molecule has 0 aliphatic carbocycles. The number of alkyl halides is 6. The molecule has 1 fully saturated rings. The van der Waals surface area contributed by atoms with Crippen LogP contribution in [0.5, 0.6) is 0 Å². The van der Waals surface area contributed by atoms with Gasteiger partial charge in [-0.1, -0.05) is 0 Å². The highest BCUT2D eigenvalue weighted by atomic mass is 19.4. The van der Waals surface area contributed by atoms with Crippen LogP contribution in [0, 0.1) is 0 Å². The SMILES string of the molecule is C[C@@H](COCCC(=O)N1CCN2c3ncc(C(F)(F)F)cc3CCC2C1)Nc1cn[nH]c(=O)c1C(F)(F)F. The fourth-order valence-electron chi connectivity index (χ4n) is 4.70. The number of carbonyl (C=O) groups is 1. The molecular weight excluding hydrogens is 522 g/mol. The lowest BCUT2D eigenvalue weighted by molar-refractivity contribution is -0.138. The Morgan fingerprint density at radius 2 is 1.97 bits per heavy atom. The highest BCUT2D eigenvalue weighted by Gasteiger charge is 2.38. The zero-order valence-corrected chi connectivity index (χ0v) is 20.3. The Labute approximate surface area is 213 Å². The van der Waals surface area contributed by atoms with Crippen LogP contribution < -0.4 is 15.8 Å². The maximum Gasteiger partial charge on any atom is 0.423 e. The number of pyridine rings is 1. The molecule has 15 heteroatoms. The number of carbonyl (C=O) groups excluding carboxylic acids is 1. The first kappa shape index (κ1) is 27.7. The number of aromatic nitrogens is 3. The summed E-state index contributed by atoms with van der Waals surface area (Å²) >= 11 is 0. The van der Waals surface area contributed by atoms with Crippen LogP contribution in [0.3, 0.4) is 0 Å². The molecule has 2 aromatic rings. The summed E-state index contributed by atoms with van der Waals surface area (Å²) in [7, 11) is 0. The van der Waals surface area contributed by atoms with E-state index in [-0.39, 0.29) is 31.6 Å².